The second-order valence-corrected chi connectivity index (χ2v) is 11.9. The molecule has 8 atom stereocenters. The predicted octanol–water partition coefficient (Wildman–Crippen LogP) is 0.139. The molecule has 1 saturated heterocycles. The van der Waals surface area contributed by atoms with E-state index in [1.807, 2.05) is 12.1 Å². The number of aliphatic hydroxyl groups excluding tert-OH is 2. The summed E-state index contributed by atoms with van der Waals surface area (Å²) in [5.41, 5.74) is 7.77. The Bertz CT molecular complexity index is 1480. The smallest absolute Gasteiger partial charge is 0.317 e. The van der Waals surface area contributed by atoms with E-state index in [1.54, 1.807) is 25.2 Å². The van der Waals surface area contributed by atoms with Gasteiger partial charge >= 0.3 is 11.9 Å². The Morgan fingerprint density at radius 2 is 1.86 bits per heavy atom. The highest BCUT2D eigenvalue weighted by atomic mass is 17.2. The van der Waals surface area contributed by atoms with Gasteiger partial charge in [0, 0.05) is 43.0 Å². The molecule has 17 heteroatoms. The maximum atomic E-state index is 12.0. The van der Waals surface area contributed by atoms with Crippen LogP contribution < -0.4 is 34.9 Å². The molecule has 49 heavy (non-hydrogen) atoms. The van der Waals surface area contributed by atoms with Gasteiger partial charge in [0.05, 0.1) is 19.1 Å². The fraction of sp³-hybridized carbons (Fsp3) is 0.562. The number of benzene rings is 2. The van der Waals surface area contributed by atoms with Crippen LogP contribution in [0.4, 0.5) is 0 Å². The summed E-state index contributed by atoms with van der Waals surface area (Å²) in [6.45, 7) is 0.321. The number of nitrogens with one attached hydrogen (secondary N) is 1. The molecule has 0 amide bonds. The first-order chi connectivity index (χ1) is 23.7. The quantitative estimate of drug-likeness (QED) is 0.0518. The third kappa shape index (κ3) is 7.94. The van der Waals surface area contributed by atoms with Gasteiger partial charge in [-0.3, -0.25) is 9.59 Å². The van der Waals surface area contributed by atoms with Crippen molar-refractivity contribution in [3.05, 3.63) is 41.5 Å². The number of carboxylic acids is 1. The zero-order valence-electron chi connectivity index (χ0n) is 26.7. The number of likely N-dealkylation sites (N-methyl/N-ethyl adjacent to an activating group) is 1. The minimum atomic E-state index is -1.47. The van der Waals surface area contributed by atoms with Gasteiger partial charge in [0.25, 0.3) is 0 Å². The van der Waals surface area contributed by atoms with Crippen molar-refractivity contribution in [2.45, 2.75) is 61.6 Å². The molecule has 17 nitrogen and oxygen atoms in total. The van der Waals surface area contributed by atoms with E-state index in [1.165, 1.54) is 0 Å². The van der Waals surface area contributed by atoms with Crippen molar-refractivity contribution in [1.82, 2.24) is 5.32 Å². The molecule has 4 aliphatic heterocycles. The van der Waals surface area contributed by atoms with Crippen LogP contribution in [0.2, 0.25) is 0 Å². The first-order valence-corrected chi connectivity index (χ1v) is 15.9. The lowest BCUT2D eigenvalue weighted by Gasteiger charge is -2.43. The monoisotopic (exact) mass is 692 g/mol. The Labute approximate surface area is 280 Å². The fourth-order valence-corrected chi connectivity index (χ4v) is 6.04. The zero-order chi connectivity index (χ0) is 34.5. The molecule has 0 spiro atoms. The number of nitrogens with two attached hydrogens (primary N) is 1. The lowest BCUT2D eigenvalue weighted by Crippen LogP contribution is -2.62. The van der Waals surface area contributed by atoms with Crippen LogP contribution >= 0.6 is 0 Å². The Morgan fingerprint density at radius 3 is 2.63 bits per heavy atom. The first-order valence-electron chi connectivity index (χ1n) is 15.9. The molecule has 0 saturated carbocycles. The van der Waals surface area contributed by atoms with Gasteiger partial charge in [-0.25, -0.2) is 0 Å². The van der Waals surface area contributed by atoms with E-state index in [4.69, 9.17) is 58.5 Å². The number of hydrogen-bond donors (Lipinski definition) is 5. The summed E-state index contributed by atoms with van der Waals surface area (Å²) in [5.74, 6) is 0.324. The molecule has 4 aliphatic rings. The predicted molar refractivity (Wildman–Crippen MR) is 163 cm³/mol. The number of rotatable bonds is 16. The summed E-state index contributed by atoms with van der Waals surface area (Å²) in [5, 5.41) is 32.7. The number of carbonyl (C=O) groups excluding carboxylic acids is 1. The first kappa shape index (κ1) is 34.9. The van der Waals surface area contributed by atoms with E-state index in [0.717, 1.165) is 11.1 Å². The summed E-state index contributed by atoms with van der Waals surface area (Å²) < 4.78 is 46.4. The van der Waals surface area contributed by atoms with Crippen molar-refractivity contribution in [3.63, 3.8) is 0 Å². The number of fused-ring (bicyclic) bond motifs is 6. The summed E-state index contributed by atoms with van der Waals surface area (Å²) >= 11 is 0. The van der Waals surface area contributed by atoms with E-state index >= 15 is 0 Å². The Hall–Kier alpha value is -3.94. The molecule has 6 rings (SSSR count). The van der Waals surface area contributed by atoms with E-state index in [9.17, 15) is 19.8 Å². The molecule has 0 unspecified atom stereocenters. The van der Waals surface area contributed by atoms with Gasteiger partial charge in [-0.2, -0.15) is 4.89 Å². The molecule has 2 aromatic carbocycles. The van der Waals surface area contributed by atoms with Gasteiger partial charge in [0.15, 0.2) is 29.6 Å². The molecule has 6 N–H and O–H groups in total. The Balaban J connectivity index is 1.18. The molecule has 0 radical (unpaired) electrons. The lowest BCUT2D eigenvalue weighted by molar-refractivity contribution is -0.375. The number of ether oxygens (including phenoxy) is 8. The topological polar surface area (TPSA) is 225 Å². The highest BCUT2D eigenvalue weighted by Gasteiger charge is 2.49. The van der Waals surface area contributed by atoms with Gasteiger partial charge < -0.3 is 69.2 Å². The molecular weight excluding hydrogens is 652 g/mol. The van der Waals surface area contributed by atoms with Crippen LogP contribution in [-0.4, -0.2) is 117 Å². The average molecular weight is 693 g/mol. The number of esters is 1. The lowest BCUT2D eigenvalue weighted by atomic mass is 9.89. The maximum absolute atomic E-state index is 12.0. The SMILES string of the molecule is CNC[C@H](N)CO[C@H]1O[C@H](COC(=O)CC(=O)O)[C@@H](OCCCO)[C@H](O)[C@H]1OOc1ccc2c(c1)[C@@H]1Oc3cc4c(cc3[C@H]1CO2)OCO4. The van der Waals surface area contributed by atoms with Crippen LogP contribution in [0.25, 0.3) is 0 Å². The van der Waals surface area contributed by atoms with Gasteiger partial charge in [0.2, 0.25) is 6.79 Å². The number of carboxylic acid groups (broad SMARTS) is 1. The summed E-state index contributed by atoms with van der Waals surface area (Å²) in [4.78, 5) is 34.5. The van der Waals surface area contributed by atoms with Gasteiger partial charge in [-0.15, -0.1) is 0 Å². The third-order valence-corrected chi connectivity index (χ3v) is 8.36. The van der Waals surface area contributed by atoms with Crippen LogP contribution in [-0.2, 0) is 33.4 Å². The second-order valence-electron chi connectivity index (χ2n) is 11.9. The normalized spacial score (nSPS) is 26.8. The van der Waals surface area contributed by atoms with Crippen LogP contribution in [0.15, 0.2) is 30.3 Å². The second kappa shape index (κ2) is 15.7. The van der Waals surface area contributed by atoms with Crippen LogP contribution in [0.5, 0.6) is 28.7 Å². The van der Waals surface area contributed by atoms with Crippen molar-refractivity contribution in [1.29, 1.82) is 0 Å². The number of aliphatic hydroxyl groups is 2. The van der Waals surface area contributed by atoms with E-state index in [2.05, 4.69) is 5.32 Å². The minimum Gasteiger partial charge on any atom is -0.492 e. The van der Waals surface area contributed by atoms with Gasteiger partial charge in [-0.1, -0.05) is 0 Å². The van der Waals surface area contributed by atoms with Crippen LogP contribution in [0, 0.1) is 0 Å². The highest BCUT2D eigenvalue weighted by molar-refractivity contribution is 5.90. The minimum absolute atomic E-state index is 0.0176. The molecule has 0 aliphatic carbocycles. The van der Waals surface area contributed by atoms with Crippen molar-refractivity contribution in [2.75, 3.05) is 53.4 Å². The number of hydrogen-bond acceptors (Lipinski definition) is 16. The molecule has 0 bridgehead atoms. The number of carbonyl (C=O) groups is 2. The van der Waals surface area contributed by atoms with E-state index < -0.39 is 61.7 Å². The van der Waals surface area contributed by atoms with Crippen molar-refractivity contribution >= 4 is 11.9 Å². The Morgan fingerprint density at radius 1 is 1.04 bits per heavy atom. The van der Waals surface area contributed by atoms with Crippen molar-refractivity contribution in [2.24, 2.45) is 5.73 Å². The Kier molecular flexibility index (Phi) is 11.2. The van der Waals surface area contributed by atoms with Crippen molar-refractivity contribution in [3.8, 4) is 28.7 Å². The molecule has 268 valence electrons. The summed E-state index contributed by atoms with van der Waals surface area (Å²) in [7, 11) is 1.73. The summed E-state index contributed by atoms with van der Waals surface area (Å²) in [6, 6.07) is 8.34. The fourth-order valence-electron chi connectivity index (χ4n) is 6.04. The standard InChI is InChI=1S/C32H40N2O15/c1-34-11-16(33)12-43-32-31(28(39)30(40-6-2-5-35)25(47-32)14-42-27(38)10-26(36)37)49-48-17-3-4-21-19(7-17)29-20(13-41-21)18-8-23-24(45-15-44-23)9-22(18)46-29/h3-4,7-9,16,20,25,28-32,34-35,39H,2,5-6,10-15,33H2,1H3,(H,36,37)/t16-,20+,25+,28-,29-,30+,31+,32-/m0/s1. The van der Waals surface area contributed by atoms with Gasteiger partial charge in [-0.05, 0) is 37.7 Å². The molecular formula is C32H40N2O15. The zero-order valence-corrected chi connectivity index (χ0v) is 26.7. The molecule has 2 aromatic rings. The molecule has 0 aromatic heterocycles. The third-order valence-electron chi connectivity index (χ3n) is 8.36. The number of aliphatic carboxylic acids is 1. The maximum Gasteiger partial charge on any atom is 0.317 e. The molecule has 1 fully saturated rings. The largest absolute Gasteiger partial charge is 0.492 e. The van der Waals surface area contributed by atoms with E-state index in [-0.39, 0.29) is 50.8 Å². The van der Waals surface area contributed by atoms with Crippen molar-refractivity contribution < 1.29 is 72.6 Å². The highest BCUT2D eigenvalue weighted by Crippen LogP contribution is 2.54. The van der Waals surface area contributed by atoms with E-state index in [0.29, 0.717) is 36.1 Å². The summed E-state index contributed by atoms with van der Waals surface area (Å²) in [6.07, 6.45) is -7.32. The van der Waals surface area contributed by atoms with Crippen LogP contribution in [0.3, 0.4) is 0 Å². The van der Waals surface area contributed by atoms with Gasteiger partial charge in [0.1, 0.15) is 48.9 Å². The van der Waals surface area contributed by atoms with Crippen LogP contribution in [0.1, 0.15) is 36.0 Å². The average Bonchev–Trinajstić information content (AvgIpc) is 3.69. The molecule has 4 heterocycles.